The number of aliphatic hydroxyl groups is 1. The highest BCUT2D eigenvalue weighted by Gasteiger charge is 2.27. The molecule has 1 fully saturated rings. The lowest BCUT2D eigenvalue weighted by Gasteiger charge is -2.32. The first-order chi connectivity index (χ1) is 14.5. The minimum absolute atomic E-state index is 0.138. The summed E-state index contributed by atoms with van der Waals surface area (Å²) in [4.78, 5) is 12.7. The Morgan fingerprint density at radius 1 is 0.900 bits per heavy atom. The van der Waals surface area contributed by atoms with Gasteiger partial charge in [0.05, 0.1) is 18.6 Å². The van der Waals surface area contributed by atoms with Crippen LogP contribution in [-0.4, -0.2) is 32.2 Å². The van der Waals surface area contributed by atoms with E-state index in [2.05, 4.69) is 21.9 Å². The first-order valence-corrected chi connectivity index (χ1v) is 10.1. The van der Waals surface area contributed by atoms with Crippen LogP contribution < -0.4 is 15.2 Å². The highest BCUT2D eigenvalue weighted by molar-refractivity contribution is 5.36. The fourth-order valence-electron chi connectivity index (χ4n) is 3.34. The van der Waals surface area contributed by atoms with Crippen LogP contribution in [-0.2, 0) is 0 Å². The van der Waals surface area contributed by atoms with Crippen molar-refractivity contribution in [2.24, 2.45) is 5.73 Å². The van der Waals surface area contributed by atoms with Crippen molar-refractivity contribution in [2.75, 3.05) is 0 Å². The SMILES string of the molecule is CC(O)c1ncc(Oc2ccc(C(C)c3ccc(OC4CC(N)C4)cn3)cc2)cn1. The van der Waals surface area contributed by atoms with Gasteiger partial charge in [0, 0.05) is 17.7 Å². The van der Waals surface area contributed by atoms with Gasteiger partial charge in [0.2, 0.25) is 0 Å². The van der Waals surface area contributed by atoms with E-state index in [1.54, 1.807) is 25.5 Å². The van der Waals surface area contributed by atoms with E-state index in [1.165, 1.54) is 0 Å². The van der Waals surface area contributed by atoms with E-state index in [1.807, 2.05) is 36.4 Å². The zero-order valence-corrected chi connectivity index (χ0v) is 17.1. The van der Waals surface area contributed by atoms with Crippen molar-refractivity contribution in [1.82, 2.24) is 15.0 Å². The Bertz CT molecular complexity index is 953. The van der Waals surface area contributed by atoms with Crippen molar-refractivity contribution in [3.05, 3.63) is 72.1 Å². The molecule has 0 bridgehead atoms. The van der Waals surface area contributed by atoms with Crippen molar-refractivity contribution in [3.63, 3.8) is 0 Å². The zero-order valence-electron chi connectivity index (χ0n) is 17.1. The normalized spacial score (nSPS) is 20.1. The van der Waals surface area contributed by atoms with Gasteiger partial charge < -0.3 is 20.3 Å². The largest absolute Gasteiger partial charge is 0.489 e. The van der Waals surface area contributed by atoms with Crippen LogP contribution in [0, 0.1) is 0 Å². The Hall–Kier alpha value is -3.03. The molecule has 7 nitrogen and oxygen atoms in total. The highest BCUT2D eigenvalue weighted by atomic mass is 16.5. The number of hydrogen-bond acceptors (Lipinski definition) is 7. The maximum Gasteiger partial charge on any atom is 0.164 e. The molecular weight excluding hydrogens is 380 g/mol. The second-order valence-electron chi connectivity index (χ2n) is 7.74. The summed E-state index contributed by atoms with van der Waals surface area (Å²) in [5.74, 6) is 2.50. The van der Waals surface area contributed by atoms with Crippen LogP contribution >= 0.6 is 0 Å². The summed E-state index contributed by atoms with van der Waals surface area (Å²) in [7, 11) is 0. The molecule has 2 atom stereocenters. The lowest BCUT2D eigenvalue weighted by Crippen LogP contribution is -2.43. The zero-order chi connectivity index (χ0) is 21.1. The first-order valence-electron chi connectivity index (χ1n) is 10.1. The van der Waals surface area contributed by atoms with E-state index < -0.39 is 6.10 Å². The van der Waals surface area contributed by atoms with E-state index in [0.717, 1.165) is 29.8 Å². The molecule has 2 aromatic heterocycles. The van der Waals surface area contributed by atoms with Gasteiger partial charge in [0.1, 0.15) is 23.7 Å². The number of hydrogen-bond donors (Lipinski definition) is 2. The maximum absolute atomic E-state index is 9.48. The van der Waals surface area contributed by atoms with Gasteiger partial charge in [-0.05, 0) is 49.6 Å². The van der Waals surface area contributed by atoms with E-state index in [-0.39, 0.29) is 18.1 Å². The lowest BCUT2D eigenvalue weighted by molar-refractivity contribution is 0.100. The summed E-state index contributed by atoms with van der Waals surface area (Å²) >= 11 is 0. The van der Waals surface area contributed by atoms with Gasteiger partial charge in [0.25, 0.3) is 0 Å². The van der Waals surface area contributed by atoms with Crippen LogP contribution in [0.15, 0.2) is 55.0 Å². The Kier molecular flexibility index (Phi) is 5.92. The van der Waals surface area contributed by atoms with Crippen molar-refractivity contribution in [2.45, 2.75) is 50.9 Å². The van der Waals surface area contributed by atoms with Crippen LogP contribution in [0.5, 0.6) is 17.2 Å². The average molecular weight is 406 g/mol. The maximum atomic E-state index is 9.48. The summed E-state index contributed by atoms with van der Waals surface area (Å²) < 4.78 is 11.7. The molecule has 7 heteroatoms. The van der Waals surface area contributed by atoms with E-state index in [9.17, 15) is 5.11 Å². The van der Waals surface area contributed by atoms with Gasteiger partial charge in [-0.15, -0.1) is 0 Å². The topological polar surface area (TPSA) is 103 Å². The van der Waals surface area contributed by atoms with Crippen molar-refractivity contribution >= 4 is 0 Å². The molecule has 2 heterocycles. The number of pyridine rings is 1. The third kappa shape index (κ3) is 4.75. The summed E-state index contributed by atoms with van der Waals surface area (Å²) in [6, 6.07) is 12.1. The minimum atomic E-state index is -0.703. The number of nitrogens with two attached hydrogens (primary N) is 1. The number of aromatic nitrogens is 3. The number of aliphatic hydroxyl groups excluding tert-OH is 1. The molecule has 1 aliphatic carbocycles. The molecule has 0 amide bonds. The summed E-state index contributed by atoms with van der Waals surface area (Å²) in [6.07, 6.45) is 6.21. The van der Waals surface area contributed by atoms with Crippen molar-refractivity contribution in [1.29, 1.82) is 0 Å². The number of nitrogens with zero attached hydrogens (tertiary/aromatic N) is 3. The standard InChI is InChI=1S/C23H26N4O3/c1-14(22-8-7-19(11-25-22)30-20-9-17(24)10-20)16-3-5-18(6-4-16)29-21-12-26-23(15(2)28)27-13-21/h3-8,11-15,17,20,28H,9-10,24H2,1-2H3. The third-order valence-corrected chi connectivity index (χ3v) is 5.27. The fraction of sp³-hybridized carbons (Fsp3) is 0.348. The second-order valence-corrected chi connectivity index (χ2v) is 7.74. The smallest absolute Gasteiger partial charge is 0.164 e. The lowest BCUT2D eigenvalue weighted by atomic mass is 9.90. The van der Waals surface area contributed by atoms with Gasteiger partial charge in [0.15, 0.2) is 11.6 Å². The number of rotatable bonds is 7. The quantitative estimate of drug-likeness (QED) is 0.616. The number of benzene rings is 1. The van der Waals surface area contributed by atoms with E-state index in [0.29, 0.717) is 17.3 Å². The molecule has 1 aromatic carbocycles. The molecule has 0 radical (unpaired) electrons. The second kappa shape index (κ2) is 8.77. The summed E-state index contributed by atoms with van der Waals surface area (Å²) in [5.41, 5.74) is 7.91. The molecule has 0 spiro atoms. The third-order valence-electron chi connectivity index (χ3n) is 5.27. The fourth-order valence-corrected chi connectivity index (χ4v) is 3.34. The molecular formula is C23H26N4O3. The van der Waals surface area contributed by atoms with Crippen LogP contribution in [0.1, 0.15) is 55.8 Å². The molecule has 1 aliphatic rings. The van der Waals surface area contributed by atoms with E-state index >= 15 is 0 Å². The van der Waals surface area contributed by atoms with Crippen LogP contribution in [0.3, 0.4) is 0 Å². The summed E-state index contributed by atoms with van der Waals surface area (Å²) in [5, 5.41) is 9.48. The molecule has 3 N–H and O–H groups in total. The van der Waals surface area contributed by atoms with Crippen LogP contribution in [0.2, 0.25) is 0 Å². The van der Waals surface area contributed by atoms with E-state index in [4.69, 9.17) is 15.2 Å². The van der Waals surface area contributed by atoms with Gasteiger partial charge in [-0.1, -0.05) is 19.1 Å². The van der Waals surface area contributed by atoms with Crippen LogP contribution in [0.4, 0.5) is 0 Å². The predicted molar refractivity (Wildman–Crippen MR) is 113 cm³/mol. The number of ether oxygens (including phenoxy) is 2. The Balaban J connectivity index is 1.37. The minimum Gasteiger partial charge on any atom is -0.489 e. The Morgan fingerprint density at radius 3 is 2.10 bits per heavy atom. The molecule has 4 rings (SSSR count). The Morgan fingerprint density at radius 2 is 1.53 bits per heavy atom. The van der Waals surface area contributed by atoms with Crippen molar-refractivity contribution < 1.29 is 14.6 Å². The highest BCUT2D eigenvalue weighted by Crippen LogP contribution is 2.29. The molecule has 30 heavy (non-hydrogen) atoms. The van der Waals surface area contributed by atoms with Crippen LogP contribution in [0.25, 0.3) is 0 Å². The van der Waals surface area contributed by atoms with Gasteiger partial charge in [-0.2, -0.15) is 0 Å². The molecule has 0 saturated heterocycles. The Labute approximate surface area is 175 Å². The molecule has 156 valence electrons. The van der Waals surface area contributed by atoms with Gasteiger partial charge in [-0.25, -0.2) is 9.97 Å². The van der Waals surface area contributed by atoms with Gasteiger partial charge >= 0.3 is 0 Å². The van der Waals surface area contributed by atoms with Crippen molar-refractivity contribution in [3.8, 4) is 17.2 Å². The molecule has 1 saturated carbocycles. The average Bonchev–Trinajstić information content (AvgIpc) is 2.74. The first kappa shape index (κ1) is 20.3. The van der Waals surface area contributed by atoms with Gasteiger partial charge in [-0.3, -0.25) is 4.98 Å². The predicted octanol–water partition coefficient (Wildman–Crippen LogP) is 3.74. The summed E-state index contributed by atoms with van der Waals surface area (Å²) in [6.45, 7) is 3.74. The molecule has 3 aromatic rings. The molecule has 2 unspecified atom stereocenters. The monoisotopic (exact) mass is 406 g/mol. The molecule has 0 aliphatic heterocycles.